The van der Waals surface area contributed by atoms with Crippen LogP contribution in [0.3, 0.4) is 0 Å². The smallest absolute Gasteiger partial charge is 0.225 e. The molecule has 102 valence electrons. The largest absolute Gasteiger partial charge is 0.338 e. The first-order valence-electron chi connectivity index (χ1n) is 6.66. The van der Waals surface area contributed by atoms with Gasteiger partial charge in [0.05, 0.1) is 6.07 Å². The monoisotopic (exact) mass is 259 g/mol. The number of aryl methyl sites for hydroxylation is 2. The number of hydrogen-bond acceptors (Lipinski definition) is 5. The van der Waals surface area contributed by atoms with E-state index in [-0.39, 0.29) is 0 Å². The van der Waals surface area contributed by atoms with Gasteiger partial charge in [-0.05, 0) is 33.8 Å². The molecule has 5 heteroatoms. The third-order valence-electron chi connectivity index (χ3n) is 3.60. The van der Waals surface area contributed by atoms with Crippen molar-refractivity contribution in [2.45, 2.75) is 33.2 Å². The first kappa shape index (κ1) is 13.8. The molecular weight excluding hydrogens is 238 g/mol. The maximum atomic E-state index is 9.17. The number of aromatic nitrogens is 2. The summed E-state index contributed by atoms with van der Waals surface area (Å²) < 4.78 is 0. The average Bonchev–Trinajstić information content (AvgIpc) is 2.38. The van der Waals surface area contributed by atoms with Crippen LogP contribution in [0, 0.1) is 25.2 Å². The fourth-order valence-electron chi connectivity index (χ4n) is 2.38. The predicted octanol–water partition coefficient (Wildman–Crippen LogP) is 1.52. The molecule has 0 aliphatic carbocycles. The van der Waals surface area contributed by atoms with Crippen LogP contribution < -0.4 is 4.90 Å². The van der Waals surface area contributed by atoms with Gasteiger partial charge in [0.25, 0.3) is 0 Å². The molecule has 0 radical (unpaired) electrons. The molecule has 0 aromatic carbocycles. The van der Waals surface area contributed by atoms with Crippen LogP contribution in [0.4, 0.5) is 5.95 Å². The van der Waals surface area contributed by atoms with Gasteiger partial charge in [-0.2, -0.15) is 5.26 Å². The second-order valence-electron chi connectivity index (χ2n) is 5.60. The van der Waals surface area contributed by atoms with E-state index in [1.165, 1.54) is 0 Å². The summed E-state index contributed by atoms with van der Waals surface area (Å²) in [6, 6.07) is 4.34. The van der Waals surface area contributed by atoms with Crippen molar-refractivity contribution in [1.29, 1.82) is 5.26 Å². The van der Waals surface area contributed by atoms with E-state index in [0.717, 1.165) is 43.5 Å². The fourth-order valence-corrected chi connectivity index (χ4v) is 2.38. The van der Waals surface area contributed by atoms with Crippen LogP contribution in [-0.2, 0) is 0 Å². The standard InChI is InChI=1S/C14H21N5/c1-11-9-12(2)17-13(16-11)18-5-7-19(8-6-18)14(3,4)10-15/h9H,5-8H2,1-4H3. The highest BCUT2D eigenvalue weighted by atomic mass is 15.3. The van der Waals surface area contributed by atoms with Gasteiger partial charge in [-0.1, -0.05) is 0 Å². The van der Waals surface area contributed by atoms with Crippen molar-refractivity contribution < 1.29 is 0 Å². The number of hydrogen-bond donors (Lipinski definition) is 0. The summed E-state index contributed by atoms with van der Waals surface area (Å²) >= 11 is 0. The Morgan fingerprint density at radius 3 is 2.11 bits per heavy atom. The van der Waals surface area contributed by atoms with E-state index in [9.17, 15) is 5.26 Å². The molecule has 1 aromatic heterocycles. The Morgan fingerprint density at radius 2 is 1.63 bits per heavy atom. The van der Waals surface area contributed by atoms with E-state index in [4.69, 9.17) is 0 Å². The van der Waals surface area contributed by atoms with Crippen molar-refractivity contribution in [3.8, 4) is 6.07 Å². The van der Waals surface area contributed by atoms with Crippen LogP contribution in [0.15, 0.2) is 6.07 Å². The van der Waals surface area contributed by atoms with Crippen LogP contribution >= 0.6 is 0 Å². The summed E-state index contributed by atoms with van der Waals surface area (Å²) in [6.45, 7) is 11.4. The summed E-state index contributed by atoms with van der Waals surface area (Å²) in [6.07, 6.45) is 0. The first-order valence-corrected chi connectivity index (χ1v) is 6.66. The molecular formula is C14H21N5. The predicted molar refractivity (Wildman–Crippen MR) is 75.0 cm³/mol. The Kier molecular flexibility index (Phi) is 3.72. The van der Waals surface area contributed by atoms with E-state index in [0.29, 0.717) is 0 Å². The molecule has 0 atom stereocenters. The minimum absolute atomic E-state index is 0.393. The Bertz CT molecular complexity index is 475. The molecule has 0 unspecified atom stereocenters. The summed E-state index contributed by atoms with van der Waals surface area (Å²) in [7, 11) is 0. The Morgan fingerprint density at radius 1 is 1.11 bits per heavy atom. The lowest BCUT2D eigenvalue weighted by Gasteiger charge is -2.40. The van der Waals surface area contributed by atoms with Gasteiger partial charge in [-0.3, -0.25) is 4.90 Å². The van der Waals surface area contributed by atoms with Crippen LogP contribution in [0.2, 0.25) is 0 Å². The number of nitriles is 1. The maximum Gasteiger partial charge on any atom is 0.225 e. The highest BCUT2D eigenvalue weighted by molar-refractivity contribution is 5.33. The topological polar surface area (TPSA) is 56.1 Å². The van der Waals surface area contributed by atoms with Crippen LogP contribution in [0.1, 0.15) is 25.2 Å². The van der Waals surface area contributed by atoms with Crippen molar-refractivity contribution in [3.05, 3.63) is 17.5 Å². The van der Waals surface area contributed by atoms with Crippen molar-refractivity contribution in [3.63, 3.8) is 0 Å². The van der Waals surface area contributed by atoms with E-state index in [1.54, 1.807) is 0 Å². The molecule has 0 spiro atoms. The molecule has 1 aromatic rings. The quantitative estimate of drug-likeness (QED) is 0.806. The second-order valence-corrected chi connectivity index (χ2v) is 5.60. The SMILES string of the molecule is Cc1cc(C)nc(N2CCN(C(C)(C)C#N)CC2)n1. The van der Waals surface area contributed by atoms with Gasteiger partial charge in [0.15, 0.2) is 0 Å². The third kappa shape index (κ3) is 3.02. The molecule has 5 nitrogen and oxygen atoms in total. The lowest BCUT2D eigenvalue weighted by molar-refractivity contribution is 0.157. The summed E-state index contributed by atoms with van der Waals surface area (Å²) in [4.78, 5) is 13.4. The van der Waals surface area contributed by atoms with Gasteiger partial charge in [0, 0.05) is 37.6 Å². The Balaban J connectivity index is 2.06. The summed E-state index contributed by atoms with van der Waals surface area (Å²) in [5.74, 6) is 0.812. The Labute approximate surface area is 114 Å². The molecule has 2 heterocycles. The zero-order valence-electron chi connectivity index (χ0n) is 12.1. The number of nitrogens with zero attached hydrogens (tertiary/aromatic N) is 5. The highest BCUT2D eigenvalue weighted by Gasteiger charge is 2.30. The molecule has 1 aliphatic rings. The van der Waals surface area contributed by atoms with Crippen LogP contribution in [-0.4, -0.2) is 46.6 Å². The maximum absolute atomic E-state index is 9.17. The number of anilines is 1. The summed E-state index contributed by atoms with van der Waals surface area (Å²) in [5.41, 5.74) is 1.61. The number of rotatable bonds is 2. The first-order chi connectivity index (χ1) is 8.92. The van der Waals surface area contributed by atoms with E-state index >= 15 is 0 Å². The molecule has 1 aliphatic heterocycles. The lowest BCUT2D eigenvalue weighted by Crippen LogP contribution is -2.54. The zero-order valence-corrected chi connectivity index (χ0v) is 12.1. The van der Waals surface area contributed by atoms with Crippen molar-refractivity contribution in [1.82, 2.24) is 14.9 Å². The van der Waals surface area contributed by atoms with Gasteiger partial charge < -0.3 is 4.90 Å². The van der Waals surface area contributed by atoms with E-state index in [2.05, 4.69) is 25.8 Å². The minimum Gasteiger partial charge on any atom is -0.338 e. The van der Waals surface area contributed by atoms with Gasteiger partial charge in [0.1, 0.15) is 5.54 Å². The molecule has 0 N–H and O–H groups in total. The van der Waals surface area contributed by atoms with E-state index in [1.807, 2.05) is 33.8 Å². The molecule has 1 fully saturated rings. The van der Waals surface area contributed by atoms with Gasteiger partial charge in [-0.25, -0.2) is 9.97 Å². The number of piperazine rings is 1. The van der Waals surface area contributed by atoms with Crippen LogP contribution in [0.25, 0.3) is 0 Å². The van der Waals surface area contributed by atoms with Gasteiger partial charge in [-0.15, -0.1) is 0 Å². The fraction of sp³-hybridized carbons (Fsp3) is 0.643. The minimum atomic E-state index is -0.393. The third-order valence-corrected chi connectivity index (χ3v) is 3.60. The van der Waals surface area contributed by atoms with Crippen LogP contribution in [0.5, 0.6) is 0 Å². The molecule has 2 rings (SSSR count). The molecule has 0 amide bonds. The van der Waals surface area contributed by atoms with Crippen molar-refractivity contribution in [2.24, 2.45) is 0 Å². The molecule has 0 saturated carbocycles. The highest BCUT2D eigenvalue weighted by Crippen LogP contribution is 2.18. The molecule has 1 saturated heterocycles. The van der Waals surface area contributed by atoms with E-state index < -0.39 is 5.54 Å². The van der Waals surface area contributed by atoms with Gasteiger partial charge >= 0.3 is 0 Å². The average molecular weight is 259 g/mol. The zero-order chi connectivity index (χ0) is 14.0. The van der Waals surface area contributed by atoms with Gasteiger partial charge in [0.2, 0.25) is 5.95 Å². The van der Waals surface area contributed by atoms with Crippen molar-refractivity contribution in [2.75, 3.05) is 31.1 Å². The lowest BCUT2D eigenvalue weighted by atomic mass is 10.0. The Hall–Kier alpha value is -1.67. The normalized spacial score (nSPS) is 17.3. The molecule has 0 bridgehead atoms. The summed E-state index contributed by atoms with van der Waals surface area (Å²) in [5, 5.41) is 9.17. The van der Waals surface area contributed by atoms with Crippen molar-refractivity contribution >= 4 is 5.95 Å². The molecule has 19 heavy (non-hydrogen) atoms. The second kappa shape index (κ2) is 5.14.